The lowest BCUT2D eigenvalue weighted by Crippen LogP contribution is -2.51. The number of rotatable bonds is 6. The SMILES string of the molecule is CN1CCOC(CN(CC2CC2)C(=O)NCC2CCCO2)C1. The number of amides is 2. The Bertz CT molecular complexity index is 370. The number of ether oxygens (including phenoxy) is 2. The van der Waals surface area contributed by atoms with Gasteiger partial charge in [0.05, 0.1) is 18.8 Å². The van der Waals surface area contributed by atoms with E-state index in [0.29, 0.717) is 19.0 Å². The highest BCUT2D eigenvalue weighted by molar-refractivity contribution is 5.74. The van der Waals surface area contributed by atoms with Gasteiger partial charge in [0.15, 0.2) is 0 Å². The summed E-state index contributed by atoms with van der Waals surface area (Å²) < 4.78 is 11.4. The second-order valence-electron chi connectivity index (χ2n) is 6.92. The van der Waals surface area contributed by atoms with Crippen LogP contribution in [0.15, 0.2) is 0 Å². The number of nitrogens with one attached hydrogen (secondary N) is 1. The monoisotopic (exact) mass is 311 g/mol. The summed E-state index contributed by atoms with van der Waals surface area (Å²) in [6.45, 7) is 5.65. The summed E-state index contributed by atoms with van der Waals surface area (Å²) in [7, 11) is 2.11. The Labute approximate surface area is 133 Å². The molecule has 6 heteroatoms. The molecule has 1 aliphatic carbocycles. The van der Waals surface area contributed by atoms with Crippen molar-refractivity contribution in [3.63, 3.8) is 0 Å². The summed E-state index contributed by atoms with van der Waals surface area (Å²) in [6, 6.07) is 0.0410. The molecule has 0 aromatic rings. The zero-order valence-corrected chi connectivity index (χ0v) is 13.6. The van der Waals surface area contributed by atoms with Crippen LogP contribution in [-0.2, 0) is 9.47 Å². The van der Waals surface area contributed by atoms with Crippen LogP contribution < -0.4 is 5.32 Å². The number of carbonyl (C=O) groups excluding carboxylic acids is 1. The predicted molar refractivity (Wildman–Crippen MR) is 83.9 cm³/mol. The van der Waals surface area contributed by atoms with Crippen molar-refractivity contribution >= 4 is 6.03 Å². The maximum absolute atomic E-state index is 12.5. The van der Waals surface area contributed by atoms with E-state index in [1.165, 1.54) is 12.8 Å². The highest BCUT2D eigenvalue weighted by Gasteiger charge is 2.30. The second kappa shape index (κ2) is 7.62. The van der Waals surface area contributed by atoms with Crippen LogP contribution in [0.25, 0.3) is 0 Å². The lowest BCUT2D eigenvalue weighted by atomic mass is 10.2. The van der Waals surface area contributed by atoms with E-state index in [4.69, 9.17) is 9.47 Å². The van der Waals surface area contributed by atoms with Crippen LogP contribution in [0.5, 0.6) is 0 Å². The number of likely N-dealkylation sites (N-methyl/N-ethyl adjacent to an activating group) is 1. The molecule has 3 fully saturated rings. The van der Waals surface area contributed by atoms with E-state index in [2.05, 4.69) is 17.3 Å². The third-order valence-corrected chi connectivity index (χ3v) is 4.73. The van der Waals surface area contributed by atoms with Crippen LogP contribution in [0.1, 0.15) is 25.7 Å². The summed E-state index contributed by atoms with van der Waals surface area (Å²) >= 11 is 0. The summed E-state index contributed by atoms with van der Waals surface area (Å²) in [6.07, 6.45) is 4.99. The number of carbonyl (C=O) groups is 1. The van der Waals surface area contributed by atoms with E-state index in [1.54, 1.807) is 0 Å². The smallest absolute Gasteiger partial charge is 0.317 e. The lowest BCUT2D eigenvalue weighted by Gasteiger charge is -2.34. The summed E-state index contributed by atoms with van der Waals surface area (Å²) in [5.74, 6) is 0.690. The molecule has 3 aliphatic rings. The van der Waals surface area contributed by atoms with Gasteiger partial charge in [-0.1, -0.05) is 0 Å². The van der Waals surface area contributed by atoms with Gasteiger partial charge in [-0.2, -0.15) is 0 Å². The molecular formula is C16H29N3O3. The molecule has 6 nitrogen and oxygen atoms in total. The molecule has 2 amide bonds. The Kier molecular flexibility index (Phi) is 5.55. The molecule has 0 radical (unpaired) electrons. The molecule has 0 aromatic carbocycles. The van der Waals surface area contributed by atoms with Crippen molar-refractivity contribution in [3.8, 4) is 0 Å². The third kappa shape index (κ3) is 4.83. The van der Waals surface area contributed by atoms with Crippen LogP contribution >= 0.6 is 0 Å². The molecule has 22 heavy (non-hydrogen) atoms. The Morgan fingerprint density at radius 2 is 2.00 bits per heavy atom. The van der Waals surface area contributed by atoms with E-state index in [-0.39, 0.29) is 18.2 Å². The Morgan fingerprint density at radius 3 is 2.68 bits per heavy atom. The highest BCUT2D eigenvalue weighted by Crippen LogP contribution is 2.30. The van der Waals surface area contributed by atoms with Gasteiger partial charge in [0.1, 0.15) is 0 Å². The molecule has 2 heterocycles. The van der Waals surface area contributed by atoms with Gasteiger partial charge in [0.25, 0.3) is 0 Å². The van der Waals surface area contributed by atoms with Gasteiger partial charge in [-0.3, -0.25) is 0 Å². The number of nitrogens with zero attached hydrogens (tertiary/aromatic N) is 2. The predicted octanol–water partition coefficient (Wildman–Crippen LogP) is 0.918. The van der Waals surface area contributed by atoms with Gasteiger partial charge in [-0.25, -0.2) is 4.79 Å². The molecule has 1 N–H and O–H groups in total. The molecule has 126 valence electrons. The summed E-state index contributed by atoms with van der Waals surface area (Å²) in [5, 5.41) is 3.05. The largest absolute Gasteiger partial charge is 0.376 e. The van der Waals surface area contributed by atoms with Crippen molar-refractivity contribution in [2.75, 3.05) is 53.0 Å². The average Bonchev–Trinajstić information content (AvgIpc) is 3.16. The molecule has 0 bridgehead atoms. The summed E-state index contributed by atoms with van der Waals surface area (Å²) in [5.41, 5.74) is 0. The number of hydrogen-bond donors (Lipinski definition) is 1. The van der Waals surface area contributed by atoms with Gasteiger partial charge >= 0.3 is 6.03 Å². The van der Waals surface area contributed by atoms with Gasteiger partial charge in [0, 0.05) is 39.3 Å². The fraction of sp³-hybridized carbons (Fsp3) is 0.938. The van der Waals surface area contributed by atoms with Crippen LogP contribution in [-0.4, -0.2) is 81.0 Å². The second-order valence-corrected chi connectivity index (χ2v) is 6.92. The van der Waals surface area contributed by atoms with Crippen LogP contribution in [0, 0.1) is 5.92 Å². The zero-order chi connectivity index (χ0) is 15.4. The zero-order valence-electron chi connectivity index (χ0n) is 13.6. The lowest BCUT2D eigenvalue weighted by molar-refractivity contribution is -0.0309. The first-order valence-electron chi connectivity index (χ1n) is 8.65. The van der Waals surface area contributed by atoms with Crippen LogP contribution in [0.4, 0.5) is 4.79 Å². The van der Waals surface area contributed by atoms with Gasteiger partial charge in [0.2, 0.25) is 0 Å². The fourth-order valence-corrected chi connectivity index (χ4v) is 3.19. The Morgan fingerprint density at radius 1 is 1.18 bits per heavy atom. The molecule has 3 rings (SSSR count). The maximum Gasteiger partial charge on any atom is 0.317 e. The minimum absolute atomic E-state index is 0.0410. The van der Waals surface area contributed by atoms with Crippen molar-refractivity contribution in [2.45, 2.75) is 37.9 Å². The fourth-order valence-electron chi connectivity index (χ4n) is 3.19. The van der Waals surface area contributed by atoms with Crippen molar-refractivity contribution < 1.29 is 14.3 Å². The molecule has 2 unspecified atom stereocenters. The minimum Gasteiger partial charge on any atom is -0.376 e. The average molecular weight is 311 g/mol. The van der Waals surface area contributed by atoms with E-state index in [1.807, 2.05) is 4.90 Å². The molecule has 2 aliphatic heterocycles. The van der Waals surface area contributed by atoms with Gasteiger partial charge < -0.3 is 24.6 Å². The molecule has 0 aromatic heterocycles. The van der Waals surface area contributed by atoms with E-state index < -0.39 is 0 Å². The maximum atomic E-state index is 12.5. The van der Waals surface area contributed by atoms with Gasteiger partial charge in [-0.05, 0) is 38.6 Å². The Balaban J connectivity index is 1.47. The standard InChI is InChI=1S/C16H29N3O3/c1-18-6-8-22-15(11-18)12-19(10-13-4-5-13)16(20)17-9-14-3-2-7-21-14/h13-15H,2-12H2,1H3,(H,17,20). The summed E-state index contributed by atoms with van der Waals surface area (Å²) in [4.78, 5) is 16.7. The minimum atomic E-state index is 0.0410. The molecular weight excluding hydrogens is 282 g/mol. The number of morpholine rings is 1. The quantitative estimate of drug-likeness (QED) is 0.792. The Hall–Kier alpha value is -0.850. The van der Waals surface area contributed by atoms with Crippen LogP contribution in [0.3, 0.4) is 0 Å². The molecule has 2 atom stereocenters. The van der Waals surface area contributed by atoms with Crippen molar-refractivity contribution in [1.82, 2.24) is 15.1 Å². The third-order valence-electron chi connectivity index (χ3n) is 4.73. The van der Waals surface area contributed by atoms with Gasteiger partial charge in [-0.15, -0.1) is 0 Å². The van der Waals surface area contributed by atoms with Crippen molar-refractivity contribution in [1.29, 1.82) is 0 Å². The number of urea groups is 1. The van der Waals surface area contributed by atoms with Crippen molar-refractivity contribution in [2.24, 2.45) is 5.92 Å². The van der Waals surface area contributed by atoms with Crippen LogP contribution in [0.2, 0.25) is 0 Å². The van der Waals surface area contributed by atoms with E-state index in [0.717, 1.165) is 45.7 Å². The molecule has 0 spiro atoms. The van der Waals surface area contributed by atoms with Crippen molar-refractivity contribution in [3.05, 3.63) is 0 Å². The first kappa shape index (κ1) is 16.0. The normalized spacial score (nSPS) is 29.5. The molecule has 2 saturated heterocycles. The highest BCUT2D eigenvalue weighted by atomic mass is 16.5. The molecule has 1 saturated carbocycles. The topological polar surface area (TPSA) is 54.0 Å². The number of hydrogen-bond acceptors (Lipinski definition) is 4. The first-order chi connectivity index (χ1) is 10.7. The van der Waals surface area contributed by atoms with E-state index >= 15 is 0 Å². The first-order valence-corrected chi connectivity index (χ1v) is 8.65. The van der Waals surface area contributed by atoms with E-state index in [9.17, 15) is 4.79 Å².